The Bertz CT molecular complexity index is 441. The van der Waals surface area contributed by atoms with E-state index in [-0.39, 0.29) is 24.0 Å². The minimum atomic E-state index is 0. The van der Waals surface area contributed by atoms with E-state index in [0.717, 1.165) is 50.2 Å². The first-order valence-corrected chi connectivity index (χ1v) is 6.25. The van der Waals surface area contributed by atoms with Gasteiger partial charge < -0.3 is 14.8 Å². The van der Waals surface area contributed by atoms with E-state index < -0.39 is 0 Å². The van der Waals surface area contributed by atoms with Crippen LogP contribution in [0.1, 0.15) is 24.5 Å². The number of hydrogen-bond acceptors (Lipinski definition) is 5. The molecule has 0 saturated carbocycles. The molecule has 2 aliphatic heterocycles. The molecule has 1 aromatic rings. The molecule has 7 heteroatoms. The Morgan fingerprint density at radius 2 is 2.11 bits per heavy atom. The number of rotatable bonds is 2. The molecule has 2 aliphatic rings. The maximum Gasteiger partial charge on any atom is 0.194 e. The molecule has 6 nitrogen and oxygen atoms in total. The van der Waals surface area contributed by atoms with Gasteiger partial charge in [-0.05, 0) is 12.8 Å². The highest BCUT2D eigenvalue weighted by atomic mass is 127. The summed E-state index contributed by atoms with van der Waals surface area (Å²) in [5.74, 6) is 3.13. The molecule has 0 spiro atoms. The third kappa shape index (κ3) is 2.60. The summed E-state index contributed by atoms with van der Waals surface area (Å²) < 4.78 is 2.24. The van der Waals surface area contributed by atoms with Gasteiger partial charge in [-0.1, -0.05) is 0 Å². The molecule has 3 heterocycles. The second-order valence-electron chi connectivity index (χ2n) is 4.62. The lowest BCUT2D eigenvalue weighted by molar-refractivity contribution is 0.498. The number of aryl methyl sites for hydroxylation is 1. The molecule has 1 aromatic heterocycles. The predicted molar refractivity (Wildman–Crippen MR) is 80.1 cm³/mol. The van der Waals surface area contributed by atoms with Crippen LogP contribution in [-0.2, 0) is 19.5 Å². The van der Waals surface area contributed by atoms with Gasteiger partial charge in [0.1, 0.15) is 5.82 Å². The molecule has 3 rings (SSSR count). The number of fused-ring (bicyclic) bond motifs is 1. The lowest BCUT2D eigenvalue weighted by Gasteiger charge is -2.17. The molecular formula is C11H19IN6. The van der Waals surface area contributed by atoms with Crippen molar-refractivity contribution >= 4 is 29.9 Å². The zero-order valence-corrected chi connectivity index (χ0v) is 12.9. The molecule has 0 amide bonds. The monoisotopic (exact) mass is 362 g/mol. The molecule has 0 unspecified atom stereocenters. The molecule has 100 valence electrons. The van der Waals surface area contributed by atoms with E-state index in [0.29, 0.717) is 0 Å². The quantitative estimate of drug-likeness (QED) is 0.784. The summed E-state index contributed by atoms with van der Waals surface area (Å²) >= 11 is 0. The minimum absolute atomic E-state index is 0. The van der Waals surface area contributed by atoms with Gasteiger partial charge in [-0.25, -0.2) is 0 Å². The van der Waals surface area contributed by atoms with E-state index >= 15 is 0 Å². The molecule has 0 atom stereocenters. The number of nitrogens with zero attached hydrogens (tertiary/aromatic N) is 5. The van der Waals surface area contributed by atoms with Crippen molar-refractivity contribution in [2.24, 2.45) is 4.99 Å². The summed E-state index contributed by atoms with van der Waals surface area (Å²) in [6.07, 6.45) is 3.54. The molecular weight excluding hydrogens is 343 g/mol. The van der Waals surface area contributed by atoms with Crippen molar-refractivity contribution in [1.82, 2.24) is 25.0 Å². The van der Waals surface area contributed by atoms with Crippen molar-refractivity contribution in [3.05, 3.63) is 11.6 Å². The smallest absolute Gasteiger partial charge is 0.194 e. The topological polar surface area (TPSA) is 58.3 Å². The average Bonchev–Trinajstić information content (AvgIpc) is 2.93. The van der Waals surface area contributed by atoms with Crippen LogP contribution in [0.3, 0.4) is 0 Å². The van der Waals surface area contributed by atoms with Crippen molar-refractivity contribution in [2.75, 3.05) is 20.1 Å². The highest BCUT2D eigenvalue weighted by Gasteiger charge is 2.17. The van der Waals surface area contributed by atoms with Crippen LogP contribution in [0.2, 0.25) is 0 Å². The third-order valence-corrected chi connectivity index (χ3v) is 3.40. The van der Waals surface area contributed by atoms with Crippen LogP contribution in [0, 0.1) is 0 Å². The zero-order chi connectivity index (χ0) is 11.7. The summed E-state index contributed by atoms with van der Waals surface area (Å²) in [7, 11) is 2.05. The molecule has 18 heavy (non-hydrogen) atoms. The second kappa shape index (κ2) is 5.85. The van der Waals surface area contributed by atoms with Gasteiger partial charge in [-0.2, -0.15) is 0 Å². The zero-order valence-electron chi connectivity index (χ0n) is 10.6. The fraction of sp³-hybridized carbons (Fsp3) is 0.727. The summed E-state index contributed by atoms with van der Waals surface area (Å²) in [5.41, 5.74) is 0. The van der Waals surface area contributed by atoms with Crippen LogP contribution in [0.5, 0.6) is 0 Å². The maximum atomic E-state index is 4.40. The predicted octanol–water partition coefficient (Wildman–Crippen LogP) is 0.623. The standard InChI is InChI=1S/C11H18N6.HI/c1-16-7-5-12-11(16)13-8-10-15-14-9-4-2-3-6-17(9)10;/h2-8H2,1H3,(H,12,13);1H. The third-order valence-electron chi connectivity index (χ3n) is 3.40. The second-order valence-corrected chi connectivity index (χ2v) is 4.62. The summed E-state index contributed by atoms with van der Waals surface area (Å²) in [6.45, 7) is 3.66. The fourth-order valence-electron chi connectivity index (χ4n) is 2.38. The average molecular weight is 362 g/mol. The first-order valence-electron chi connectivity index (χ1n) is 6.25. The van der Waals surface area contributed by atoms with E-state index in [9.17, 15) is 0 Å². The molecule has 1 N–H and O–H groups in total. The van der Waals surface area contributed by atoms with Gasteiger partial charge in [0.2, 0.25) is 0 Å². The number of halogens is 1. The van der Waals surface area contributed by atoms with Gasteiger partial charge in [0, 0.05) is 26.6 Å². The normalized spacial score (nSPS) is 18.1. The van der Waals surface area contributed by atoms with Gasteiger partial charge >= 0.3 is 0 Å². The lowest BCUT2D eigenvalue weighted by atomic mass is 10.2. The number of hydrogen-bond donors (Lipinski definition) is 1. The highest BCUT2D eigenvalue weighted by Crippen LogP contribution is 2.14. The van der Waals surface area contributed by atoms with Crippen LogP contribution in [0.4, 0.5) is 0 Å². The largest absolute Gasteiger partial charge is 0.349 e. The molecule has 0 fully saturated rings. The molecule has 0 saturated heterocycles. The van der Waals surface area contributed by atoms with Crippen molar-refractivity contribution in [3.63, 3.8) is 0 Å². The highest BCUT2D eigenvalue weighted by molar-refractivity contribution is 14.0. The van der Waals surface area contributed by atoms with Gasteiger partial charge in [0.15, 0.2) is 11.8 Å². The summed E-state index contributed by atoms with van der Waals surface area (Å²) in [5, 5.41) is 11.8. The van der Waals surface area contributed by atoms with Gasteiger partial charge in [0.25, 0.3) is 0 Å². The lowest BCUT2D eigenvalue weighted by Crippen LogP contribution is -2.35. The van der Waals surface area contributed by atoms with Crippen molar-refractivity contribution in [2.45, 2.75) is 32.4 Å². The Kier molecular flexibility index (Phi) is 4.41. The molecule has 0 radical (unpaired) electrons. The van der Waals surface area contributed by atoms with Gasteiger partial charge in [-0.15, -0.1) is 34.2 Å². The van der Waals surface area contributed by atoms with E-state index in [1.54, 1.807) is 0 Å². The van der Waals surface area contributed by atoms with Crippen molar-refractivity contribution in [3.8, 4) is 0 Å². The summed E-state index contributed by atoms with van der Waals surface area (Å²) in [4.78, 5) is 6.53. The van der Waals surface area contributed by atoms with E-state index in [2.05, 4.69) is 37.0 Å². The molecule has 0 aromatic carbocycles. The Morgan fingerprint density at radius 3 is 2.89 bits per heavy atom. The minimum Gasteiger partial charge on any atom is -0.349 e. The van der Waals surface area contributed by atoms with Crippen molar-refractivity contribution in [1.29, 1.82) is 0 Å². The van der Waals surface area contributed by atoms with Crippen LogP contribution in [-0.4, -0.2) is 45.8 Å². The van der Waals surface area contributed by atoms with Crippen LogP contribution in [0.15, 0.2) is 4.99 Å². The van der Waals surface area contributed by atoms with Crippen LogP contribution in [0.25, 0.3) is 0 Å². The fourth-order valence-corrected chi connectivity index (χ4v) is 2.38. The molecule has 0 bridgehead atoms. The van der Waals surface area contributed by atoms with Crippen LogP contribution < -0.4 is 5.32 Å². The van der Waals surface area contributed by atoms with Gasteiger partial charge in [0.05, 0.1) is 13.1 Å². The molecule has 0 aliphatic carbocycles. The number of guanidine groups is 1. The van der Waals surface area contributed by atoms with E-state index in [1.165, 1.54) is 12.8 Å². The SMILES string of the molecule is CN1CCN=C1NCc1nnc2n1CCCC2.I. The van der Waals surface area contributed by atoms with E-state index in [4.69, 9.17) is 0 Å². The Morgan fingerprint density at radius 1 is 1.22 bits per heavy atom. The van der Waals surface area contributed by atoms with E-state index in [1.807, 2.05) is 0 Å². The van der Waals surface area contributed by atoms with Crippen LogP contribution >= 0.6 is 24.0 Å². The number of nitrogens with one attached hydrogen (secondary N) is 1. The maximum absolute atomic E-state index is 4.40. The Balaban J connectivity index is 0.00000120. The number of aliphatic imine (C=N–C) groups is 1. The first kappa shape index (κ1) is 13.6. The number of aromatic nitrogens is 3. The van der Waals surface area contributed by atoms with Crippen molar-refractivity contribution < 1.29 is 0 Å². The first-order chi connectivity index (χ1) is 8.34. The Labute approximate surface area is 124 Å². The number of likely N-dealkylation sites (N-methyl/N-ethyl adjacent to an activating group) is 1. The Hall–Kier alpha value is -0.860. The van der Waals surface area contributed by atoms with Gasteiger partial charge in [-0.3, -0.25) is 4.99 Å². The summed E-state index contributed by atoms with van der Waals surface area (Å²) in [6, 6.07) is 0.